The van der Waals surface area contributed by atoms with Crippen molar-refractivity contribution in [1.29, 1.82) is 0 Å². The van der Waals surface area contributed by atoms with Crippen LogP contribution in [0.25, 0.3) is 0 Å². The number of hydrogen-bond donors (Lipinski definition) is 2. The Morgan fingerprint density at radius 1 is 1.03 bits per heavy atom. The first-order chi connectivity index (χ1) is 16.4. The highest BCUT2D eigenvalue weighted by atomic mass is 19.4. The van der Waals surface area contributed by atoms with E-state index in [1.54, 1.807) is 0 Å². The number of benzene rings is 2. The van der Waals surface area contributed by atoms with Gasteiger partial charge in [0.1, 0.15) is 17.3 Å². The van der Waals surface area contributed by atoms with Crippen LogP contribution in [0.15, 0.2) is 53.2 Å². The predicted octanol–water partition coefficient (Wildman–Crippen LogP) is 3.51. The highest BCUT2D eigenvalue weighted by Gasteiger charge is 2.48. The summed E-state index contributed by atoms with van der Waals surface area (Å²) in [6.07, 6.45) is -1.98. The van der Waals surface area contributed by atoms with Gasteiger partial charge in [0.15, 0.2) is 17.0 Å². The number of alkyl halides is 3. The molecule has 7 nitrogen and oxygen atoms in total. The van der Waals surface area contributed by atoms with E-state index in [9.17, 15) is 31.5 Å². The van der Waals surface area contributed by atoms with E-state index in [0.29, 0.717) is 17.8 Å². The van der Waals surface area contributed by atoms with Crippen LogP contribution in [0.3, 0.4) is 0 Å². The number of primary amides is 2. The van der Waals surface area contributed by atoms with E-state index in [1.165, 1.54) is 12.1 Å². The number of allylic oxidation sites excluding steroid dienone is 1. The van der Waals surface area contributed by atoms with Crippen molar-refractivity contribution in [2.24, 2.45) is 22.4 Å². The molecule has 0 bridgehead atoms. The lowest BCUT2D eigenvalue weighted by molar-refractivity contribution is -0.275. The van der Waals surface area contributed by atoms with Crippen molar-refractivity contribution >= 4 is 17.5 Å². The predicted molar refractivity (Wildman–Crippen MR) is 113 cm³/mol. The van der Waals surface area contributed by atoms with Gasteiger partial charge in [0.2, 0.25) is 5.91 Å². The van der Waals surface area contributed by atoms with Gasteiger partial charge >= 0.3 is 6.36 Å². The maximum Gasteiger partial charge on any atom is 0.573 e. The van der Waals surface area contributed by atoms with Crippen molar-refractivity contribution in [2.45, 2.75) is 24.6 Å². The molecule has 2 amide bonds. The van der Waals surface area contributed by atoms with Gasteiger partial charge < -0.3 is 20.9 Å². The van der Waals surface area contributed by atoms with Crippen LogP contribution in [-0.2, 0) is 10.2 Å². The molecule has 1 aliphatic carbocycles. The molecule has 1 unspecified atom stereocenters. The van der Waals surface area contributed by atoms with Crippen LogP contribution < -0.4 is 20.9 Å². The van der Waals surface area contributed by atoms with E-state index in [-0.39, 0.29) is 29.5 Å². The summed E-state index contributed by atoms with van der Waals surface area (Å²) in [5, 5.41) is 0. The summed E-state index contributed by atoms with van der Waals surface area (Å²) in [6.45, 7) is -0.262. The SMILES string of the molecule is NC(=O)c1cc(C2(C(N)=O)CN=C(C3CC3)C=C2Oc2ccc(OC(F)(F)F)c(F)c2)ccc1F. The number of dihydropyridines is 1. The number of rotatable bonds is 7. The number of hydrogen-bond acceptors (Lipinski definition) is 5. The van der Waals surface area contributed by atoms with Crippen molar-refractivity contribution in [3.63, 3.8) is 0 Å². The van der Waals surface area contributed by atoms with Crippen molar-refractivity contribution in [3.8, 4) is 11.5 Å². The number of amides is 2. The molecule has 0 aromatic heterocycles. The smallest absolute Gasteiger partial charge is 0.460 e. The zero-order valence-electron chi connectivity index (χ0n) is 17.9. The van der Waals surface area contributed by atoms with Gasteiger partial charge in [0.05, 0.1) is 12.1 Å². The Kier molecular flexibility index (Phi) is 5.99. The normalized spacial score (nSPS) is 20.0. The first-order valence-corrected chi connectivity index (χ1v) is 10.3. The summed E-state index contributed by atoms with van der Waals surface area (Å²) in [6, 6.07) is 5.57. The van der Waals surface area contributed by atoms with Gasteiger partial charge in [-0.25, -0.2) is 8.78 Å². The van der Waals surface area contributed by atoms with Gasteiger partial charge in [0, 0.05) is 17.7 Å². The Morgan fingerprint density at radius 3 is 2.31 bits per heavy atom. The largest absolute Gasteiger partial charge is 0.573 e. The number of carbonyl (C=O) groups is 2. The Hall–Kier alpha value is -3.96. The molecule has 1 fully saturated rings. The van der Waals surface area contributed by atoms with E-state index < -0.39 is 46.5 Å². The van der Waals surface area contributed by atoms with E-state index in [2.05, 4.69) is 9.73 Å². The fourth-order valence-electron chi connectivity index (χ4n) is 3.77. The van der Waals surface area contributed by atoms with Crippen LogP contribution in [0.5, 0.6) is 11.5 Å². The number of carbonyl (C=O) groups excluding carboxylic acids is 2. The molecular formula is C23H18F5N3O4. The second kappa shape index (κ2) is 8.67. The monoisotopic (exact) mass is 495 g/mol. The summed E-state index contributed by atoms with van der Waals surface area (Å²) < 4.78 is 75.2. The van der Waals surface area contributed by atoms with E-state index in [4.69, 9.17) is 16.2 Å². The zero-order chi connectivity index (χ0) is 25.5. The van der Waals surface area contributed by atoms with Gasteiger partial charge in [0.25, 0.3) is 5.91 Å². The minimum atomic E-state index is -5.10. The molecule has 2 aromatic rings. The minimum Gasteiger partial charge on any atom is -0.460 e. The highest BCUT2D eigenvalue weighted by Crippen LogP contribution is 2.41. The van der Waals surface area contributed by atoms with E-state index >= 15 is 0 Å². The third-order valence-corrected chi connectivity index (χ3v) is 5.70. The molecule has 1 saturated carbocycles. The maximum absolute atomic E-state index is 14.3. The molecular weight excluding hydrogens is 477 g/mol. The van der Waals surface area contributed by atoms with Crippen LogP contribution in [-0.4, -0.2) is 30.4 Å². The van der Waals surface area contributed by atoms with Gasteiger partial charge in [-0.3, -0.25) is 14.6 Å². The number of aliphatic imine (C=N–C) groups is 1. The Bertz CT molecular complexity index is 1270. The summed E-state index contributed by atoms with van der Waals surface area (Å²) in [5.74, 6) is -5.70. The summed E-state index contributed by atoms with van der Waals surface area (Å²) in [7, 11) is 0. The number of nitrogens with two attached hydrogens (primary N) is 2. The fraction of sp³-hybridized carbons (Fsp3) is 0.261. The molecule has 184 valence electrons. The van der Waals surface area contributed by atoms with Crippen LogP contribution in [0.1, 0.15) is 28.8 Å². The van der Waals surface area contributed by atoms with Crippen molar-refractivity contribution in [2.75, 3.05) is 6.54 Å². The molecule has 2 aromatic carbocycles. The van der Waals surface area contributed by atoms with Crippen LogP contribution >= 0.6 is 0 Å². The standard InChI is InChI=1S/C23H18F5N3O4/c24-15-5-3-12(7-14(15)20(29)32)22(21(30)33)10-31-17(11-1-2-11)9-19(22)34-13-4-6-18(16(25)8-13)35-23(26,27)28/h3-9,11H,1-2,10H2,(H2,29,32)(H2,30,33). The summed E-state index contributed by atoms with van der Waals surface area (Å²) >= 11 is 0. The first-order valence-electron chi connectivity index (χ1n) is 10.3. The van der Waals surface area contributed by atoms with Gasteiger partial charge in [-0.15, -0.1) is 13.2 Å². The molecule has 4 N–H and O–H groups in total. The van der Waals surface area contributed by atoms with Crippen molar-refractivity contribution in [1.82, 2.24) is 0 Å². The molecule has 4 rings (SSSR count). The molecule has 0 spiro atoms. The third kappa shape index (κ3) is 4.81. The minimum absolute atomic E-state index is 0.0440. The Morgan fingerprint density at radius 2 is 1.74 bits per heavy atom. The summed E-state index contributed by atoms with van der Waals surface area (Å²) in [4.78, 5) is 28.9. The highest BCUT2D eigenvalue weighted by molar-refractivity contribution is 6.03. The van der Waals surface area contributed by atoms with E-state index in [1.807, 2.05) is 0 Å². The molecule has 12 heteroatoms. The van der Waals surface area contributed by atoms with E-state index in [0.717, 1.165) is 31.0 Å². The van der Waals surface area contributed by atoms with Crippen LogP contribution in [0.2, 0.25) is 0 Å². The lowest BCUT2D eigenvalue weighted by Gasteiger charge is -2.34. The van der Waals surface area contributed by atoms with Crippen molar-refractivity contribution < 1.29 is 41.0 Å². The number of nitrogens with zero attached hydrogens (tertiary/aromatic N) is 1. The lowest BCUT2D eigenvalue weighted by Crippen LogP contribution is -2.49. The quantitative estimate of drug-likeness (QED) is 0.572. The van der Waals surface area contributed by atoms with Gasteiger partial charge in [-0.1, -0.05) is 6.07 Å². The molecule has 1 heterocycles. The first kappa shape index (κ1) is 24.2. The second-order valence-electron chi connectivity index (χ2n) is 8.09. The van der Waals surface area contributed by atoms with Crippen LogP contribution in [0.4, 0.5) is 22.0 Å². The van der Waals surface area contributed by atoms with Gasteiger partial charge in [-0.05, 0) is 48.7 Å². The van der Waals surface area contributed by atoms with Crippen LogP contribution in [0, 0.1) is 17.6 Å². The Balaban J connectivity index is 1.79. The average Bonchev–Trinajstić information content (AvgIpc) is 3.60. The Labute approximate surface area is 195 Å². The third-order valence-electron chi connectivity index (χ3n) is 5.70. The maximum atomic E-state index is 14.3. The summed E-state index contributed by atoms with van der Waals surface area (Å²) in [5.41, 5.74) is 9.27. The van der Waals surface area contributed by atoms with Crippen molar-refractivity contribution in [3.05, 3.63) is 71.0 Å². The molecule has 2 aliphatic rings. The molecule has 1 atom stereocenters. The molecule has 35 heavy (non-hydrogen) atoms. The molecule has 0 radical (unpaired) electrons. The van der Waals surface area contributed by atoms with Gasteiger partial charge in [-0.2, -0.15) is 0 Å². The second-order valence-corrected chi connectivity index (χ2v) is 8.09. The fourth-order valence-corrected chi connectivity index (χ4v) is 3.77. The molecule has 0 saturated heterocycles. The number of halogens is 5. The zero-order valence-corrected chi connectivity index (χ0v) is 17.9. The molecule has 1 aliphatic heterocycles. The lowest BCUT2D eigenvalue weighted by atomic mass is 9.75. The number of ether oxygens (including phenoxy) is 2. The average molecular weight is 495 g/mol. The topological polar surface area (TPSA) is 117 Å².